The summed E-state index contributed by atoms with van der Waals surface area (Å²) in [4.78, 5) is 11.3. The van der Waals surface area contributed by atoms with Crippen molar-refractivity contribution in [2.75, 3.05) is 14.2 Å². The average Bonchev–Trinajstić information content (AvgIpc) is 2.43. The van der Waals surface area contributed by atoms with E-state index in [2.05, 4.69) is 0 Å². The molecule has 0 heterocycles. The Morgan fingerprint density at radius 1 is 1.11 bits per heavy atom. The predicted molar refractivity (Wildman–Crippen MR) is 73.2 cm³/mol. The van der Waals surface area contributed by atoms with Crippen molar-refractivity contribution in [2.24, 2.45) is 0 Å². The molecule has 2 aromatic rings. The fourth-order valence-electron chi connectivity index (χ4n) is 1.99. The second kappa shape index (κ2) is 5.47. The molecule has 0 spiro atoms. The zero-order chi connectivity index (χ0) is 14.0. The lowest BCUT2D eigenvalue weighted by atomic mass is 10.0. The fraction of sp³-hybridized carbons (Fsp3) is 0.214. The normalized spacial score (nSPS) is 10.5. The van der Waals surface area contributed by atoms with Crippen LogP contribution in [-0.2, 0) is 6.61 Å². The van der Waals surface area contributed by atoms with Crippen LogP contribution in [0.1, 0.15) is 15.9 Å². The van der Waals surface area contributed by atoms with Crippen LogP contribution in [0.15, 0.2) is 24.3 Å². The maximum Gasteiger partial charge on any atom is 0.252 e. The third kappa shape index (κ3) is 2.50. The van der Waals surface area contributed by atoms with Crippen LogP contribution in [0.3, 0.4) is 0 Å². The van der Waals surface area contributed by atoms with Crippen LogP contribution < -0.4 is 9.47 Å². The minimum atomic E-state index is -0.597. The van der Waals surface area contributed by atoms with Gasteiger partial charge in [0.05, 0.1) is 20.8 Å². The molecule has 2 aromatic carbocycles. The summed E-state index contributed by atoms with van der Waals surface area (Å²) in [6.07, 6.45) is 0. The summed E-state index contributed by atoms with van der Waals surface area (Å²) in [7, 11) is 3.09. The Morgan fingerprint density at radius 3 is 2.05 bits per heavy atom. The Morgan fingerprint density at radius 2 is 1.63 bits per heavy atom. The highest BCUT2D eigenvalue weighted by Gasteiger charge is 2.13. The fourth-order valence-corrected chi connectivity index (χ4v) is 2.16. The summed E-state index contributed by atoms with van der Waals surface area (Å²) >= 11 is 5.51. The van der Waals surface area contributed by atoms with Gasteiger partial charge in [0.1, 0.15) is 0 Å². The van der Waals surface area contributed by atoms with Crippen molar-refractivity contribution in [1.29, 1.82) is 0 Å². The maximum atomic E-state index is 11.3. The highest BCUT2D eigenvalue weighted by Crippen LogP contribution is 2.33. The third-order valence-corrected chi connectivity index (χ3v) is 3.15. The van der Waals surface area contributed by atoms with E-state index in [4.69, 9.17) is 21.1 Å². The molecule has 0 fully saturated rings. The van der Waals surface area contributed by atoms with Crippen molar-refractivity contribution < 1.29 is 19.4 Å². The van der Waals surface area contributed by atoms with Gasteiger partial charge in [0, 0.05) is 5.56 Å². The molecule has 4 nitrogen and oxygen atoms in total. The minimum Gasteiger partial charge on any atom is -0.493 e. The molecule has 0 saturated heterocycles. The van der Waals surface area contributed by atoms with Gasteiger partial charge in [-0.3, -0.25) is 4.79 Å². The Balaban J connectivity index is 2.74. The molecule has 2 rings (SSSR count). The first-order valence-corrected chi connectivity index (χ1v) is 5.97. The van der Waals surface area contributed by atoms with Crippen LogP contribution in [0.2, 0.25) is 0 Å². The number of halogens is 1. The van der Waals surface area contributed by atoms with Gasteiger partial charge >= 0.3 is 0 Å². The molecule has 5 heteroatoms. The summed E-state index contributed by atoms with van der Waals surface area (Å²) in [5.41, 5.74) is 0.781. The number of fused-ring (bicyclic) bond motifs is 1. The predicted octanol–water partition coefficient (Wildman–Crippen LogP) is 2.73. The Bertz CT molecular complexity index is 637. The van der Waals surface area contributed by atoms with E-state index in [1.165, 1.54) is 0 Å². The van der Waals surface area contributed by atoms with Crippen molar-refractivity contribution in [3.63, 3.8) is 0 Å². The van der Waals surface area contributed by atoms with E-state index in [1.807, 2.05) is 0 Å². The molecular weight excluding hydrogens is 268 g/mol. The number of aliphatic hydroxyl groups is 1. The smallest absolute Gasteiger partial charge is 0.252 e. The summed E-state index contributed by atoms with van der Waals surface area (Å²) in [5, 5.41) is 10.3. The zero-order valence-electron chi connectivity index (χ0n) is 10.6. The van der Waals surface area contributed by atoms with E-state index in [-0.39, 0.29) is 6.61 Å². The number of aliphatic hydroxyl groups excluding tert-OH is 1. The molecule has 0 amide bonds. The molecule has 0 unspecified atom stereocenters. The van der Waals surface area contributed by atoms with E-state index >= 15 is 0 Å². The zero-order valence-corrected chi connectivity index (χ0v) is 11.3. The number of hydrogen-bond acceptors (Lipinski definition) is 4. The number of hydrogen-bond donors (Lipinski definition) is 1. The van der Waals surface area contributed by atoms with Crippen molar-refractivity contribution in [3.8, 4) is 11.5 Å². The summed E-state index contributed by atoms with van der Waals surface area (Å²) in [5.74, 6) is 1.16. The first-order valence-electron chi connectivity index (χ1n) is 5.60. The number of methoxy groups -OCH3 is 2. The van der Waals surface area contributed by atoms with Crippen molar-refractivity contribution in [1.82, 2.24) is 0 Å². The quantitative estimate of drug-likeness (QED) is 0.875. The topological polar surface area (TPSA) is 55.8 Å². The lowest BCUT2D eigenvalue weighted by molar-refractivity contribution is 0.107. The number of carbonyl (C=O) groups is 1. The largest absolute Gasteiger partial charge is 0.493 e. The molecule has 0 aliphatic heterocycles. The van der Waals surface area contributed by atoms with Crippen molar-refractivity contribution in [3.05, 3.63) is 35.4 Å². The molecule has 0 radical (unpaired) electrons. The summed E-state index contributed by atoms with van der Waals surface area (Å²) in [6, 6.07) is 6.90. The van der Waals surface area contributed by atoms with E-state index in [1.54, 1.807) is 38.5 Å². The van der Waals surface area contributed by atoms with Gasteiger partial charge in [-0.1, -0.05) is 0 Å². The van der Waals surface area contributed by atoms with Crippen LogP contribution in [0, 0.1) is 0 Å². The third-order valence-electron chi connectivity index (χ3n) is 2.95. The van der Waals surface area contributed by atoms with Crippen LogP contribution in [0.25, 0.3) is 10.8 Å². The van der Waals surface area contributed by atoms with Gasteiger partial charge in [0.2, 0.25) is 0 Å². The van der Waals surface area contributed by atoms with E-state index in [0.717, 1.165) is 10.8 Å². The van der Waals surface area contributed by atoms with Gasteiger partial charge in [-0.15, -0.1) is 0 Å². The van der Waals surface area contributed by atoms with Gasteiger partial charge in [0.25, 0.3) is 5.24 Å². The SMILES string of the molecule is COc1cc2cc(CO)c(C(=O)Cl)cc2cc1OC. The molecule has 0 aliphatic rings. The summed E-state index contributed by atoms with van der Waals surface area (Å²) < 4.78 is 10.4. The molecule has 1 N–H and O–H groups in total. The lowest BCUT2D eigenvalue weighted by Gasteiger charge is -2.11. The number of benzene rings is 2. The van der Waals surface area contributed by atoms with Gasteiger partial charge in [-0.2, -0.15) is 0 Å². The van der Waals surface area contributed by atoms with Crippen molar-refractivity contribution in [2.45, 2.75) is 6.61 Å². The molecule has 0 aliphatic carbocycles. The van der Waals surface area contributed by atoms with E-state index in [0.29, 0.717) is 22.6 Å². The molecule has 0 atom stereocenters. The van der Waals surface area contributed by atoms with Crippen LogP contribution in [-0.4, -0.2) is 24.6 Å². The Hall–Kier alpha value is -1.78. The first-order chi connectivity index (χ1) is 9.10. The number of carbonyl (C=O) groups excluding carboxylic acids is 1. The molecule has 19 heavy (non-hydrogen) atoms. The maximum absolute atomic E-state index is 11.3. The monoisotopic (exact) mass is 280 g/mol. The lowest BCUT2D eigenvalue weighted by Crippen LogP contribution is -1.98. The van der Waals surface area contributed by atoms with Gasteiger partial charge in [-0.05, 0) is 52.2 Å². The van der Waals surface area contributed by atoms with Gasteiger partial charge < -0.3 is 14.6 Å². The van der Waals surface area contributed by atoms with Crippen molar-refractivity contribution >= 4 is 27.6 Å². The van der Waals surface area contributed by atoms with E-state index in [9.17, 15) is 9.90 Å². The average molecular weight is 281 g/mol. The first kappa shape index (κ1) is 13.6. The molecule has 100 valence electrons. The summed E-state index contributed by atoms with van der Waals surface area (Å²) in [6.45, 7) is -0.252. The van der Waals surface area contributed by atoms with E-state index < -0.39 is 5.24 Å². The standard InChI is InChI=1S/C14H13ClO4/c1-18-12-5-8-3-10(7-16)11(14(15)17)4-9(8)6-13(12)19-2/h3-6,16H,7H2,1-2H3. The highest BCUT2D eigenvalue weighted by atomic mass is 35.5. The minimum absolute atomic E-state index is 0.252. The Labute approximate surface area is 115 Å². The molecule has 0 bridgehead atoms. The van der Waals surface area contributed by atoms with Gasteiger partial charge in [-0.25, -0.2) is 0 Å². The molecule has 0 aromatic heterocycles. The van der Waals surface area contributed by atoms with Gasteiger partial charge in [0.15, 0.2) is 11.5 Å². The van der Waals surface area contributed by atoms with Crippen LogP contribution in [0.4, 0.5) is 0 Å². The second-order valence-electron chi connectivity index (χ2n) is 4.00. The number of ether oxygens (including phenoxy) is 2. The highest BCUT2D eigenvalue weighted by molar-refractivity contribution is 6.68. The van der Waals surface area contributed by atoms with Crippen LogP contribution >= 0.6 is 11.6 Å². The number of rotatable bonds is 4. The Kier molecular flexibility index (Phi) is 3.93. The molecule has 0 saturated carbocycles. The molecular formula is C14H13ClO4. The van der Waals surface area contributed by atoms with Crippen LogP contribution in [0.5, 0.6) is 11.5 Å². The second-order valence-corrected chi connectivity index (χ2v) is 4.34.